The first-order valence-corrected chi connectivity index (χ1v) is 9.89. The van der Waals surface area contributed by atoms with Crippen LogP contribution in [0.3, 0.4) is 0 Å². The van der Waals surface area contributed by atoms with Crippen molar-refractivity contribution in [2.45, 2.75) is 31.5 Å². The van der Waals surface area contributed by atoms with E-state index < -0.39 is 0 Å². The Bertz CT molecular complexity index is 829. The first kappa shape index (κ1) is 17.7. The Morgan fingerprint density at radius 2 is 2.16 bits per heavy atom. The van der Waals surface area contributed by atoms with Crippen LogP contribution in [0.2, 0.25) is 0 Å². The van der Waals surface area contributed by atoms with Crippen molar-refractivity contribution in [2.75, 3.05) is 5.75 Å². The van der Waals surface area contributed by atoms with Crippen molar-refractivity contribution in [1.29, 1.82) is 0 Å². The molecule has 1 aromatic carbocycles. The SMILES string of the molecule is Cc1ccccc1C(C)NC(=O)CSc1n[nH]c(Cc2cccs2)n1. The second-order valence-corrected chi connectivity index (χ2v) is 7.73. The number of aromatic amines is 1. The Labute approximate surface area is 155 Å². The summed E-state index contributed by atoms with van der Waals surface area (Å²) in [6.45, 7) is 4.05. The Balaban J connectivity index is 1.49. The van der Waals surface area contributed by atoms with E-state index in [2.05, 4.69) is 39.6 Å². The Morgan fingerprint density at radius 1 is 1.32 bits per heavy atom. The standard InChI is InChI=1S/C18H20N4OS2/c1-12-6-3-4-8-15(12)13(2)19-17(23)11-25-18-20-16(21-22-18)10-14-7-5-9-24-14/h3-9,13H,10-11H2,1-2H3,(H,19,23)(H,20,21,22). The topological polar surface area (TPSA) is 70.7 Å². The number of nitrogens with zero attached hydrogens (tertiary/aromatic N) is 2. The highest BCUT2D eigenvalue weighted by Crippen LogP contribution is 2.18. The summed E-state index contributed by atoms with van der Waals surface area (Å²) in [6, 6.07) is 12.2. The lowest BCUT2D eigenvalue weighted by Gasteiger charge is -2.16. The third kappa shape index (κ3) is 4.93. The molecular formula is C18H20N4OS2. The molecule has 1 atom stereocenters. The fourth-order valence-corrected chi connectivity index (χ4v) is 3.90. The number of hydrogen-bond donors (Lipinski definition) is 2. The highest BCUT2D eigenvalue weighted by Gasteiger charge is 2.13. The van der Waals surface area contributed by atoms with Gasteiger partial charge in [0.15, 0.2) is 0 Å². The highest BCUT2D eigenvalue weighted by atomic mass is 32.2. The van der Waals surface area contributed by atoms with Crippen LogP contribution in [0.1, 0.15) is 34.8 Å². The van der Waals surface area contributed by atoms with E-state index in [0.29, 0.717) is 10.9 Å². The second-order valence-electron chi connectivity index (χ2n) is 5.76. The van der Waals surface area contributed by atoms with Crippen LogP contribution in [0, 0.1) is 6.92 Å². The van der Waals surface area contributed by atoms with Gasteiger partial charge in [0.25, 0.3) is 0 Å². The lowest BCUT2D eigenvalue weighted by atomic mass is 10.0. The summed E-state index contributed by atoms with van der Waals surface area (Å²) >= 11 is 3.03. The Morgan fingerprint density at radius 3 is 2.92 bits per heavy atom. The first-order chi connectivity index (χ1) is 12.1. The number of nitrogens with one attached hydrogen (secondary N) is 2. The molecule has 2 heterocycles. The van der Waals surface area contributed by atoms with Gasteiger partial charge in [0, 0.05) is 11.3 Å². The second kappa shape index (κ2) is 8.31. The lowest BCUT2D eigenvalue weighted by molar-refractivity contribution is -0.119. The summed E-state index contributed by atoms with van der Waals surface area (Å²) in [5.41, 5.74) is 2.31. The maximum Gasteiger partial charge on any atom is 0.230 e. The molecule has 0 aliphatic rings. The van der Waals surface area contributed by atoms with Gasteiger partial charge in [-0.2, -0.15) is 0 Å². The van der Waals surface area contributed by atoms with Crippen molar-refractivity contribution in [2.24, 2.45) is 0 Å². The van der Waals surface area contributed by atoms with Gasteiger partial charge in [0.05, 0.1) is 11.8 Å². The number of aryl methyl sites for hydroxylation is 1. The fourth-order valence-electron chi connectivity index (χ4n) is 2.56. The van der Waals surface area contributed by atoms with Crippen molar-refractivity contribution in [1.82, 2.24) is 20.5 Å². The number of amides is 1. The van der Waals surface area contributed by atoms with Gasteiger partial charge in [-0.05, 0) is 36.4 Å². The van der Waals surface area contributed by atoms with Crippen molar-refractivity contribution in [3.8, 4) is 0 Å². The van der Waals surface area contributed by atoms with Crippen LogP contribution < -0.4 is 5.32 Å². The van der Waals surface area contributed by atoms with E-state index in [1.165, 1.54) is 22.2 Å². The molecule has 7 heteroatoms. The van der Waals surface area contributed by atoms with Crippen molar-refractivity contribution >= 4 is 29.0 Å². The summed E-state index contributed by atoms with van der Waals surface area (Å²) in [4.78, 5) is 17.8. The van der Waals surface area contributed by atoms with E-state index in [1.54, 1.807) is 11.3 Å². The van der Waals surface area contributed by atoms with Crippen molar-refractivity contribution in [3.63, 3.8) is 0 Å². The molecule has 130 valence electrons. The molecule has 0 bridgehead atoms. The summed E-state index contributed by atoms with van der Waals surface area (Å²) < 4.78 is 0. The molecule has 3 rings (SSSR count). The quantitative estimate of drug-likeness (QED) is 0.620. The maximum atomic E-state index is 12.2. The zero-order chi connectivity index (χ0) is 17.6. The number of hydrogen-bond acceptors (Lipinski definition) is 5. The molecule has 0 aliphatic heterocycles. The molecule has 2 N–H and O–H groups in total. The van der Waals surface area contributed by atoms with E-state index in [9.17, 15) is 4.79 Å². The van der Waals surface area contributed by atoms with E-state index in [0.717, 1.165) is 17.8 Å². The minimum absolute atomic E-state index is 0.0177. The highest BCUT2D eigenvalue weighted by molar-refractivity contribution is 7.99. The van der Waals surface area contributed by atoms with Crippen LogP contribution in [-0.4, -0.2) is 26.8 Å². The molecule has 0 saturated carbocycles. The molecule has 0 fully saturated rings. The molecule has 1 unspecified atom stereocenters. The normalized spacial score (nSPS) is 12.1. The van der Waals surface area contributed by atoms with Crippen molar-refractivity contribution < 1.29 is 4.79 Å². The smallest absolute Gasteiger partial charge is 0.230 e. The molecule has 2 aromatic heterocycles. The number of benzene rings is 1. The van der Waals surface area contributed by atoms with E-state index >= 15 is 0 Å². The molecule has 0 radical (unpaired) electrons. The number of rotatable bonds is 7. The summed E-state index contributed by atoms with van der Waals surface area (Å²) in [7, 11) is 0. The average Bonchev–Trinajstić information content (AvgIpc) is 3.26. The van der Waals surface area contributed by atoms with Crippen LogP contribution in [0.15, 0.2) is 46.9 Å². The maximum absolute atomic E-state index is 12.2. The van der Waals surface area contributed by atoms with E-state index in [-0.39, 0.29) is 11.9 Å². The Hall–Kier alpha value is -2.12. The zero-order valence-corrected chi connectivity index (χ0v) is 15.8. The number of H-pyrrole nitrogens is 1. The number of carbonyl (C=O) groups is 1. The third-order valence-corrected chi connectivity index (χ3v) is 5.52. The minimum atomic E-state index is -0.0228. The number of carbonyl (C=O) groups excluding carboxylic acids is 1. The molecule has 0 saturated heterocycles. The van der Waals surface area contributed by atoms with Gasteiger partial charge < -0.3 is 5.32 Å². The molecule has 5 nitrogen and oxygen atoms in total. The van der Waals surface area contributed by atoms with Gasteiger partial charge in [-0.1, -0.05) is 42.1 Å². The molecule has 1 amide bonds. The van der Waals surface area contributed by atoms with Crippen molar-refractivity contribution in [3.05, 3.63) is 63.6 Å². The predicted octanol–water partition coefficient (Wildman–Crippen LogP) is 3.73. The zero-order valence-electron chi connectivity index (χ0n) is 14.2. The first-order valence-electron chi connectivity index (χ1n) is 8.03. The number of thiophene rings is 1. The van der Waals surface area contributed by atoms with Gasteiger partial charge in [0.2, 0.25) is 11.1 Å². The summed E-state index contributed by atoms with van der Waals surface area (Å²) in [5.74, 6) is 1.09. The van der Waals surface area contributed by atoms with Crippen LogP contribution in [0.5, 0.6) is 0 Å². The van der Waals surface area contributed by atoms with Crippen LogP contribution in [-0.2, 0) is 11.2 Å². The summed E-state index contributed by atoms with van der Waals surface area (Å²) in [6.07, 6.45) is 0.738. The summed E-state index contributed by atoms with van der Waals surface area (Å²) in [5, 5.41) is 12.8. The molecular weight excluding hydrogens is 352 g/mol. The minimum Gasteiger partial charge on any atom is -0.349 e. The van der Waals surface area contributed by atoms with E-state index in [1.807, 2.05) is 36.6 Å². The van der Waals surface area contributed by atoms with Gasteiger partial charge >= 0.3 is 0 Å². The van der Waals surface area contributed by atoms with Gasteiger partial charge in [0.1, 0.15) is 5.82 Å². The van der Waals surface area contributed by atoms with Gasteiger partial charge in [-0.15, -0.1) is 16.4 Å². The number of thioether (sulfide) groups is 1. The van der Waals surface area contributed by atoms with Crippen LogP contribution in [0.25, 0.3) is 0 Å². The third-order valence-electron chi connectivity index (χ3n) is 3.80. The van der Waals surface area contributed by atoms with E-state index in [4.69, 9.17) is 0 Å². The lowest BCUT2D eigenvalue weighted by Crippen LogP contribution is -2.28. The molecule has 0 aliphatic carbocycles. The predicted molar refractivity (Wildman–Crippen MR) is 102 cm³/mol. The molecule has 25 heavy (non-hydrogen) atoms. The van der Waals surface area contributed by atoms with Crippen LogP contribution in [0.4, 0.5) is 0 Å². The van der Waals surface area contributed by atoms with Gasteiger partial charge in [-0.3, -0.25) is 9.89 Å². The molecule has 3 aromatic rings. The molecule has 0 spiro atoms. The fraction of sp³-hybridized carbons (Fsp3) is 0.278. The van der Waals surface area contributed by atoms with Gasteiger partial charge in [-0.25, -0.2) is 4.98 Å². The number of aromatic nitrogens is 3. The van der Waals surface area contributed by atoms with Crippen LogP contribution >= 0.6 is 23.1 Å². The monoisotopic (exact) mass is 372 g/mol. The largest absolute Gasteiger partial charge is 0.349 e. The average molecular weight is 373 g/mol. The Kier molecular flexibility index (Phi) is 5.88.